The minimum absolute atomic E-state index is 0.0213. The lowest BCUT2D eigenvalue weighted by Crippen LogP contribution is -2.44. The number of hydrogen-bond acceptors (Lipinski definition) is 12. The number of aliphatic hydroxyl groups is 3. The Balaban J connectivity index is 1.63. The number of ketones is 1. The molecule has 2 aliphatic heterocycles. The summed E-state index contributed by atoms with van der Waals surface area (Å²) >= 11 is 0. The number of rotatable bonds is 3. The van der Waals surface area contributed by atoms with Crippen molar-refractivity contribution in [3.63, 3.8) is 0 Å². The highest BCUT2D eigenvalue weighted by Gasteiger charge is 2.49. The number of allylic oxidation sites excluding steroid dienone is 2. The first-order chi connectivity index (χ1) is 27.8. The zero-order valence-corrected chi connectivity index (χ0v) is 35.5. The third-order valence-electron chi connectivity index (χ3n) is 12.3. The highest BCUT2D eigenvalue weighted by molar-refractivity contribution is 6.26. The van der Waals surface area contributed by atoms with Crippen molar-refractivity contribution in [3.05, 3.63) is 80.7 Å². The number of aromatic hydroxyl groups is 1. The van der Waals surface area contributed by atoms with E-state index >= 15 is 0 Å². The molecule has 0 spiro atoms. The lowest BCUT2D eigenvalue weighted by molar-refractivity contribution is -0.112. The lowest BCUT2D eigenvalue weighted by Gasteiger charge is -2.36. The molecule has 4 aromatic rings. The summed E-state index contributed by atoms with van der Waals surface area (Å²) in [6.07, 6.45) is 4.33. The quantitative estimate of drug-likeness (QED) is 0.0800. The number of fused-ring (bicyclic) bond motifs is 5. The number of ether oxygens (including phenoxy) is 3. The van der Waals surface area contributed by atoms with Crippen molar-refractivity contribution in [2.75, 3.05) is 12.4 Å². The number of hydrogen-bond donors (Lipinski definition) is 5. The Morgan fingerprint density at radius 1 is 0.949 bits per heavy atom. The number of anilines is 1. The van der Waals surface area contributed by atoms with Crippen LogP contribution < -0.4 is 15.5 Å². The molecule has 1 aromatic heterocycles. The number of aliphatic hydroxyl groups excluding tert-OH is 3. The number of phenolic OH excluding ortho intramolecular Hbond substituents is 1. The molecule has 5 N–H and O–H groups in total. The molecule has 0 fully saturated rings. The minimum Gasteiger partial charge on any atom is -0.505 e. The first kappa shape index (κ1) is 43.5. The summed E-state index contributed by atoms with van der Waals surface area (Å²) in [6, 6.07) is 3.77. The van der Waals surface area contributed by atoms with Gasteiger partial charge in [0, 0.05) is 54.2 Å². The van der Waals surface area contributed by atoms with Gasteiger partial charge in [-0.3, -0.25) is 14.4 Å². The van der Waals surface area contributed by atoms with Gasteiger partial charge in [0.05, 0.1) is 41.6 Å². The van der Waals surface area contributed by atoms with E-state index in [1.54, 1.807) is 46.8 Å². The maximum absolute atomic E-state index is 14.6. The third kappa shape index (κ3) is 7.54. The van der Waals surface area contributed by atoms with Gasteiger partial charge in [-0.1, -0.05) is 66.7 Å². The van der Waals surface area contributed by atoms with Gasteiger partial charge in [-0.2, -0.15) is 0 Å². The Bertz CT molecular complexity index is 2480. The molecular formula is C46H56N2O11. The normalized spacial score (nSPS) is 30.4. The Morgan fingerprint density at radius 3 is 2.25 bits per heavy atom. The van der Waals surface area contributed by atoms with Gasteiger partial charge >= 0.3 is 5.79 Å². The summed E-state index contributed by atoms with van der Waals surface area (Å²) < 4.78 is 24.4. The SMILES string of the molecule is CCc1cc2nc3c(oc2cc1C(C)C)c1c(O)c2c(=O)c(C)c4c(c23)C(=O)[C@@](C)(O/C=C/[C@H](OC)[C@@H](C)[C@@H](O)[C@H](C)[C@H](O)[C@H](C)[C@@H](O)[C@@H](C)/C=C/C=C(/C)C(=O)N1)O4. The summed E-state index contributed by atoms with van der Waals surface area (Å²) in [6.45, 7) is 17.5. The number of Topliss-reactive ketones (excluding diaryl/α,β-unsaturated/α-hetero) is 1. The van der Waals surface area contributed by atoms with E-state index in [1.807, 2.05) is 19.1 Å². The fraction of sp³-hybridized carbons (Fsp3) is 0.478. The zero-order valence-electron chi connectivity index (χ0n) is 35.5. The van der Waals surface area contributed by atoms with E-state index in [-0.39, 0.29) is 55.9 Å². The molecule has 316 valence electrons. The van der Waals surface area contributed by atoms with Crippen molar-refractivity contribution in [3.8, 4) is 11.5 Å². The Morgan fingerprint density at radius 2 is 1.61 bits per heavy atom. The number of carbonyl (C=O) groups excluding carboxylic acids is 2. The van der Waals surface area contributed by atoms with Gasteiger partial charge in [0.1, 0.15) is 22.5 Å². The second kappa shape index (κ2) is 16.5. The van der Waals surface area contributed by atoms with Crippen molar-refractivity contribution in [1.29, 1.82) is 0 Å². The van der Waals surface area contributed by atoms with Gasteiger partial charge in [-0.05, 0) is 55.5 Å². The van der Waals surface area contributed by atoms with Crippen LogP contribution in [-0.4, -0.2) is 74.4 Å². The molecular weight excluding hydrogens is 757 g/mol. The molecule has 3 aromatic carbocycles. The van der Waals surface area contributed by atoms with Crippen molar-refractivity contribution in [2.45, 2.75) is 112 Å². The summed E-state index contributed by atoms with van der Waals surface area (Å²) in [4.78, 5) is 47.8. The standard InChI is InChI=1S/C46H56N2O11/c1-12-27-18-29-31(19-28(27)20(2)3)58-43-35(47-29)32-33-40(52)26(9)42-34(32)44(54)46(10,59-42)57-17-16-30(56-11)23(6)38(50)25(8)39(51)24(7)37(49)21(4)14-13-15-22(5)45(55)48-36(43)41(33)53/h13-21,23-25,30,37-39,49-51,53H,12H2,1-11H3,(H,48,55)/b14-13+,17-16+,22-15-/t21-,23+,24+,25-,30-,37-,38+,39+,46-/m0/s1. The van der Waals surface area contributed by atoms with Gasteiger partial charge in [0.2, 0.25) is 0 Å². The van der Waals surface area contributed by atoms with Crippen LogP contribution in [0.1, 0.15) is 95.3 Å². The number of nitrogens with one attached hydrogen (secondary N) is 1. The predicted octanol–water partition coefficient (Wildman–Crippen LogP) is 7.11. The van der Waals surface area contributed by atoms with Gasteiger partial charge in [0.15, 0.2) is 22.3 Å². The number of phenols is 1. The molecule has 59 heavy (non-hydrogen) atoms. The minimum atomic E-state index is -2.00. The van der Waals surface area contributed by atoms with Crippen LogP contribution >= 0.6 is 0 Å². The fourth-order valence-electron chi connectivity index (χ4n) is 8.37. The van der Waals surface area contributed by atoms with Crippen LogP contribution in [0.4, 0.5) is 5.69 Å². The summed E-state index contributed by atoms with van der Waals surface area (Å²) in [5.74, 6) is -6.24. The third-order valence-corrected chi connectivity index (χ3v) is 12.3. The highest BCUT2D eigenvalue weighted by atomic mass is 16.7. The maximum atomic E-state index is 14.6. The van der Waals surface area contributed by atoms with Crippen LogP contribution in [0, 0.1) is 30.6 Å². The van der Waals surface area contributed by atoms with E-state index in [9.17, 15) is 34.8 Å². The van der Waals surface area contributed by atoms with Crippen molar-refractivity contribution >= 4 is 50.3 Å². The molecule has 6 rings (SSSR count). The summed E-state index contributed by atoms with van der Waals surface area (Å²) in [5, 5.41) is 48.5. The van der Waals surface area contributed by atoms with Gasteiger partial charge in [-0.25, -0.2) is 4.98 Å². The lowest BCUT2D eigenvalue weighted by atomic mass is 9.78. The van der Waals surface area contributed by atoms with Crippen LogP contribution in [0.3, 0.4) is 0 Å². The van der Waals surface area contributed by atoms with Crippen LogP contribution in [0.5, 0.6) is 11.5 Å². The summed E-state index contributed by atoms with van der Waals surface area (Å²) in [7, 11) is 1.45. The van der Waals surface area contributed by atoms with E-state index in [0.29, 0.717) is 17.5 Å². The number of benzene rings is 3. The highest BCUT2D eigenvalue weighted by Crippen LogP contribution is 2.48. The second-order valence-electron chi connectivity index (χ2n) is 16.7. The molecule has 0 unspecified atom stereocenters. The molecule has 1 amide bonds. The number of carbonyl (C=O) groups is 2. The largest absolute Gasteiger partial charge is 0.505 e. The number of aromatic nitrogens is 1. The molecule has 0 saturated carbocycles. The van der Waals surface area contributed by atoms with Crippen molar-refractivity contribution in [2.24, 2.45) is 23.7 Å². The topological polar surface area (TPSA) is 198 Å². The van der Waals surface area contributed by atoms with Gasteiger partial charge in [-0.15, -0.1) is 0 Å². The molecule has 0 aliphatic carbocycles. The maximum Gasteiger partial charge on any atom is 0.312 e. The van der Waals surface area contributed by atoms with Crippen LogP contribution in [0.25, 0.3) is 33.0 Å². The van der Waals surface area contributed by atoms with Crippen LogP contribution in [-0.2, 0) is 20.7 Å². The average molecular weight is 813 g/mol. The average Bonchev–Trinajstić information content (AvgIpc) is 3.48. The van der Waals surface area contributed by atoms with E-state index < -0.39 is 76.7 Å². The van der Waals surface area contributed by atoms with E-state index in [4.69, 9.17) is 23.6 Å². The van der Waals surface area contributed by atoms with E-state index in [0.717, 1.165) is 11.1 Å². The first-order valence-corrected chi connectivity index (χ1v) is 20.2. The molecule has 0 radical (unpaired) electrons. The molecule has 3 heterocycles. The molecule has 13 heteroatoms. The van der Waals surface area contributed by atoms with E-state index in [1.165, 1.54) is 39.4 Å². The first-order valence-electron chi connectivity index (χ1n) is 20.2. The fourth-order valence-corrected chi connectivity index (χ4v) is 8.37. The Labute approximate surface area is 343 Å². The number of amides is 1. The van der Waals surface area contributed by atoms with E-state index in [2.05, 4.69) is 19.2 Å². The monoisotopic (exact) mass is 812 g/mol. The molecule has 9 atom stereocenters. The zero-order chi connectivity index (χ0) is 43.4. The molecule has 2 aliphatic rings. The smallest absolute Gasteiger partial charge is 0.312 e. The van der Waals surface area contributed by atoms with Gasteiger partial charge < -0.3 is 44.4 Å². The molecule has 5 bridgehead atoms. The number of aryl methyl sites for hydroxylation is 1. The summed E-state index contributed by atoms with van der Waals surface area (Å²) in [5.41, 5.74) is 2.11. The van der Waals surface area contributed by atoms with Crippen molar-refractivity contribution < 1.29 is 48.6 Å². The molecule has 13 nitrogen and oxygen atoms in total. The van der Waals surface area contributed by atoms with Crippen molar-refractivity contribution in [1.82, 2.24) is 4.98 Å². The molecule has 0 saturated heterocycles. The van der Waals surface area contributed by atoms with Gasteiger partial charge in [0.25, 0.3) is 11.7 Å². The second-order valence-corrected chi connectivity index (χ2v) is 16.7. The van der Waals surface area contributed by atoms with Crippen LogP contribution in [0.15, 0.2) is 57.5 Å². The Kier molecular flexibility index (Phi) is 12.2. The number of methoxy groups -OCH3 is 1. The predicted molar refractivity (Wildman–Crippen MR) is 226 cm³/mol. The Hall–Kier alpha value is -5.08. The van der Waals surface area contributed by atoms with Crippen LogP contribution in [0.2, 0.25) is 0 Å². The number of nitrogens with zero attached hydrogens (tertiary/aromatic N) is 1.